The third-order valence-electron chi connectivity index (χ3n) is 3.15. The number of carbonyl (C=O) groups is 2. The fourth-order valence-corrected chi connectivity index (χ4v) is 2.61. The molecule has 0 aromatic carbocycles. The van der Waals surface area contributed by atoms with Gasteiger partial charge in [-0.2, -0.15) is 8.78 Å². The first-order valence-electron chi connectivity index (χ1n) is 6.96. The molecule has 1 aromatic heterocycles. The summed E-state index contributed by atoms with van der Waals surface area (Å²) in [7, 11) is 0. The van der Waals surface area contributed by atoms with Crippen LogP contribution in [0.15, 0.2) is 23.4 Å². The van der Waals surface area contributed by atoms with Crippen molar-refractivity contribution in [2.45, 2.75) is 23.8 Å². The van der Waals surface area contributed by atoms with Crippen LogP contribution in [0, 0.1) is 0 Å². The average molecular weight is 346 g/mol. The van der Waals surface area contributed by atoms with Crippen LogP contribution in [0.25, 0.3) is 0 Å². The van der Waals surface area contributed by atoms with Crippen LogP contribution in [0.3, 0.4) is 0 Å². The Morgan fingerprint density at radius 1 is 1.39 bits per heavy atom. The predicted molar refractivity (Wildman–Crippen MR) is 78.4 cm³/mol. The van der Waals surface area contributed by atoms with E-state index in [1.807, 2.05) is 0 Å². The van der Waals surface area contributed by atoms with Gasteiger partial charge in [0.25, 0.3) is 11.7 Å². The normalized spacial score (nSPS) is 16.3. The molecule has 1 aromatic rings. The van der Waals surface area contributed by atoms with Gasteiger partial charge in [0.15, 0.2) is 6.10 Å². The van der Waals surface area contributed by atoms with Crippen molar-refractivity contribution in [1.29, 1.82) is 0 Å². The molecule has 9 heteroatoms. The van der Waals surface area contributed by atoms with Crippen LogP contribution >= 0.6 is 11.8 Å². The molecule has 1 unspecified atom stereocenters. The van der Waals surface area contributed by atoms with E-state index in [0.29, 0.717) is 26.3 Å². The van der Waals surface area contributed by atoms with Crippen LogP contribution in [0.1, 0.15) is 17.3 Å². The molecule has 0 N–H and O–H groups in total. The Morgan fingerprint density at radius 2 is 2.09 bits per heavy atom. The maximum Gasteiger partial charge on any atom is 0.341 e. The molecule has 1 fully saturated rings. The van der Waals surface area contributed by atoms with E-state index in [0.717, 1.165) is 0 Å². The van der Waals surface area contributed by atoms with Crippen LogP contribution < -0.4 is 0 Å². The van der Waals surface area contributed by atoms with E-state index in [4.69, 9.17) is 9.47 Å². The third-order valence-corrected chi connectivity index (χ3v) is 3.87. The van der Waals surface area contributed by atoms with Crippen LogP contribution in [0.2, 0.25) is 0 Å². The lowest BCUT2D eigenvalue weighted by molar-refractivity contribution is -0.143. The molecule has 2 rings (SSSR count). The second-order valence-electron chi connectivity index (χ2n) is 4.72. The summed E-state index contributed by atoms with van der Waals surface area (Å²) in [5.41, 5.74) is -0.0839. The molecule has 1 saturated heterocycles. The maximum absolute atomic E-state index is 12.5. The summed E-state index contributed by atoms with van der Waals surface area (Å²) in [6, 6.07) is 2.78. The number of rotatable bonds is 5. The minimum Gasteiger partial charge on any atom is -0.449 e. The molecule has 126 valence electrons. The van der Waals surface area contributed by atoms with Gasteiger partial charge in [-0.05, 0) is 30.8 Å². The van der Waals surface area contributed by atoms with Gasteiger partial charge in [0.1, 0.15) is 5.03 Å². The highest BCUT2D eigenvalue weighted by Gasteiger charge is 2.27. The fraction of sp³-hybridized carbons (Fsp3) is 0.500. The van der Waals surface area contributed by atoms with E-state index in [1.54, 1.807) is 4.90 Å². The van der Waals surface area contributed by atoms with Gasteiger partial charge >= 0.3 is 5.97 Å². The lowest BCUT2D eigenvalue weighted by Gasteiger charge is -2.29. The van der Waals surface area contributed by atoms with E-state index in [1.165, 1.54) is 25.3 Å². The number of nitrogens with zero attached hydrogens (tertiary/aromatic N) is 2. The summed E-state index contributed by atoms with van der Waals surface area (Å²) in [6.45, 7) is 3.18. The molecule has 1 aliphatic heterocycles. The minimum atomic E-state index is -2.70. The van der Waals surface area contributed by atoms with Crippen molar-refractivity contribution in [3.05, 3.63) is 23.9 Å². The summed E-state index contributed by atoms with van der Waals surface area (Å²) < 4.78 is 35.2. The molecule has 0 bridgehead atoms. The van der Waals surface area contributed by atoms with E-state index in [2.05, 4.69) is 4.98 Å². The Morgan fingerprint density at radius 3 is 2.74 bits per heavy atom. The Hall–Kier alpha value is -1.74. The van der Waals surface area contributed by atoms with Crippen molar-refractivity contribution in [3.63, 3.8) is 0 Å². The predicted octanol–water partition coefficient (Wildman–Crippen LogP) is 1.80. The van der Waals surface area contributed by atoms with E-state index in [-0.39, 0.29) is 28.3 Å². The molecule has 1 aliphatic rings. The Bertz CT molecular complexity index is 567. The zero-order valence-corrected chi connectivity index (χ0v) is 13.2. The number of esters is 1. The van der Waals surface area contributed by atoms with Gasteiger partial charge in [0, 0.05) is 19.3 Å². The highest BCUT2D eigenvalue weighted by atomic mass is 32.2. The first-order valence-corrected chi connectivity index (χ1v) is 7.84. The zero-order chi connectivity index (χ0) is 16.8. The monoisotopic (exact) mass is 346 g/mol. The van der Waals surface area contributed by atoms with E-state index >= 15 is 0 Å². The van der Waals surface area contributed by atoms with Crippen molar-refractivity contribution in [1.82, 2.24) is 9.88 Å². The Balaban J connectivity index is 2.02. The number of thioether (sulfide) groups is 1. The van der Waals surface area contributed by atoms with Crippen molar-refractivity contribution in [2.24, 2.45) is 0 Å². The molecule has 0 aliphatic carbocycles. The van der Waals surface area contributed by atoms with Gasteiger partial charge in [-0.1, -0.05) is 0 Å². The summed E-state index contributed by atoms with van der Waals surface area (Å²) in [4.78, 5) is 29.6. The molecular weight excluding hydrogens is 330 g/mol. The number of morpholine rings is 1. The summed E-state index contributed by atoms with van der Waals surface area (Å²) in [6.07, 6.45) is 0.300. The molecule has 0 radical (unpaired) electrons. The number of amides is 1. The fourth-order valence-electron chi connectivity index (χ4n) is 2.04. The van der Waals surface area contributed by atoms with Crippen molar-refractivity contribution < 1.29 is 27.8 Å². The van der Waals surface area contributed by atoms with Crippen molar-refractivity contribution in [3.8, 4) is 0 Å². The second kappa shape index (κ2) is 8.21. The number of carbonyl (C=O) groups excluding carboxylic acids is 2. The molecule has 6 nitrogen and oxygen atoms in total. The third kappa shape index (κ3) is 4.87. The number of hydrogen-bond acceptors (Lipinski definition) is 6. The maximum atomic E-state index is 12.5. The first kappa shape index (κ1) is 17.6. The highest BCUT2D eigenvalue weighted by molar-refractivity contribution is 7.99. The van der Waals surface area contributed by atoms with Gasteiger partial charge in [-0.3, -0.25) is 4.79 Å². The lowest BCUT2D eigenvalue weighted by Crippen LogP contribution is -2.46. The number of hydrogen-bond donors (Lipinski definition) is 0. The smallest absolute Gasteiger partial charge is 0.341 e. The number of alkyl halides is 2. The Kier molecular flexibility index (Phi) is 6.28. The van der Waals surface area contributed by atoms with Gasteiger partial charge in [-0.15, -0.1) is 0 Å². The molecule has 0 saturated carbocycles. The SMILES string of the molecule is CC(OC(=O)c1cccnc1SC(F)F)C(=O)N1CCOCC1. The molecule has 0 spiro atoms. The Labute approximate surface area is 136 Å². The zero-order valence-electron chi connectivity index (χ0n) is 12.4. The van der Waals surface area contributed by atoms with Crippen LogP contribution in [0.4, 0.5) is 8.78 Å². The van der Waals surface area contributed by atoms with E-state index in [9.17, 15) is 18.4 Å². The highest BCUT2D eigenvalue weighted by Crippen LogP contribution is 2.27. The van der Waals surface area contributed by atoms with Crippen LogP contribution in [-0.4, -0.2) is 59.9 Å². The van der Waals surface area contributed by atoms with Gasteiger partial charge in [0.2, 0.25) is 0 Å². The number of pyridine rings is 1. The molecule has 23 heavy (non-hydrogen) atoms. The topological polar surface area (TPSA) is 68.7 Å². The van der Waals surface area contributed by atoms with Crippen molar-refractivity contribution >= 4 is 23.6 Å². The minimum absolute atomic E-state index is 0.0839. The van der Waals surface area contributed by atoms with Gasteiger partial charge < -0.3 is 14.4 Å². The standard InChI is InChI=1S/C14H16F2N2O4S/c1-9(12(19)18-5-7-21-8-6-18)22-13(20)10-3-2-4-17-11(10)23-14(15)16/h2-4,9,14H,5-8H2,1H3. The van der Waals surface area contributed by atoms with Gasteiger partial charge in [-0.25, -0.2) is 9.78 Å². The summed E-state index contributed by atoms with van der Waals surface area (Å²) in [5, 5.41) is -0.126. The number of ether oxygens (including phenoxy) is 2. The summed E-state index contributed by atoms with van der Waals surface area (Å²) in [5.74, 6) is -3.90. The van der Waals surface area contributed by atoms with Crippen LogP contribution in [0.5, 0.6) is 0 Å². The lowest BCUT2D eigenvalue weighted by atomic mass is 10.2. The van der Waals surface area contributed by atoms with Crippen LogP contribution in [-0.2, 0) is 14.3 Å². The number of halogens is 2. The second-order valence-corrected chi connectivity index (χ2v) is 5.70. The van der Waals surface area contributed by atoms with E-state index < -0.39 is 17.8 Å². The average Bonchev–Trinajstić information content (AvgIpc) is 2.54. The number of aromatic nitrogens is 1. The molecular formula is C14H16F2N2O4S. The molecule has 1 atom stereocenters. The molecule has 1 amide bonds. The van der Waals surface area contributed by atoms with Gasteiger partial charge in [0.05, 0.1) is 18.8 Å². The largest absolute Gasteiger partial charge is 0.449 e. The van der Waals surface area contributed by atoms with Crippen molar-refractivity contribution in [2.75, 3.05) is 26.3 Å². The first-order chi connectivity index (χ1) is 11.0. The quantitative estimate of drug-likeness (QED) is 0.598. The molecule has 2 heterocycles. The summed E-state index contributed by atoms with van der Waals surface area (Å²) >= 11 is 0.160.